The van der Waals surface area contributed by atoms with Crippen LogP contribution in [0.25, 0.3) is 0 Å². The number of hydrogen-bond acceptors (Lipinski definition) is 4. The van der Waals surface area contributed by atoms with E-state index in [4.69, 9.17) is 0 Å². The predicted molar refractivity (Wildman–Crippen MR) is 93.1 cm³/mol. The average Bonchev–Trinajstić information content (AvgIpc) is 3.01. The number of nitrogens with zero attached hydrogens (tertiary/aromatic N) is 3. The van der Waals surface area contributed by atoms with Crippen molar-refractivity contribution < 1.29 is 4.79 Å². The number of hydrogen-bond donors (Lipinski definition) is 1. The van der Waals surface area contributed by atoms with Crippen molar-refractivity contribution in [3.05, 3.63) is 59.7 Å². The van der Waals surface area contributed by atoms with Gasteiger partial charge in [0.25, 0.3) is 0 Å². The lowest BCUT2D eigenvalue weighted by Crippen LogP contribution is -2.38. The summed E-state index contributed by atoms with van der Waals surface area (Å²) in [6.07, 6.45) is 8.18. The molecule has 0 bridgehead atoms. The monoisotopic (exact) mass is 324 g/mol. The van der Waals surface area contributed by atoms with Gasteiger partial charge in [0, 0.05) is 50.7 Å². The van der Waals surface area contributed by atoms with E-state index in [-0.39, 0.29) is 11.9 Å². The van der Waals surface area contributed by atoms with E-state index in [1.54, 1.807) is 6.20 Å². The summed E-state index contributed by atoms with van der Waals surface area (Å²) in [5, 5.41) is 3.06. The van der Waals surface area contributed by atoms with E-state index in [0.717, 1.165) is 38.2 Å². The van der Waals surface area contributed by atoms with Crippen LogP contribution in [-0.4, -0.2) is 33.4 Å². The first-order valence-corrected chi connectivity index (χ1v) is 8.57. The number of rotatable bonds is 7. The third-order valence-electron chi connectivity index (χ3n) is 4.37. The van der Waals surface area contributed by atoms with Crippen LogP contribution in [0.2, 0.25) is 0 Å². The number of aryl methyl sites for hydroxylation is 1. The molecular formula is C19H24N4O. The van der Waals surface area contributed by atoms with Gasteiger partial charge in [0.2, 0.25) is 5.91 Å². The highest BCUT2D eigenvalue weighted by Gasteiger charge is 2.23. The van der Waals surface area contributed by atoms with Crippen LogP contribution < -0.4 is 5.32 Å². The Labute approximate surface area is 143 Å². The lowest BCUT2D eigenvalue weighted by atomic mass is 10.1. The number of aromatic nitrogens is 2. The molecule has 3 heterocycles. The first kappa shape index (κ1) is 16.6. The summed E-state index contributed by atoms with van der Waals surface area (Å²) in [6, 6.07) is 8.51. The van der Waals surface area contributed by atoms with E-state index >= 15 is 0 Å². The Morgan fingerprint density at radius 2 is 2.12 bits per heavy atom. The number of nitrogens with one attached hydrogen (secondary N) is 1. The number of carbonyl (C=O) groups excluding carboxylic acids is 1. The molecule has 1 aliphatic heterocycles. The van der Waals surface area contributed by atoms with Crippen molar-refractivity contribution in [3.63, 3.8) is 0 Å². The topological polar surface area (TPSA) is 58.1 Å². The number of pyridine rings is 2. The summed E-state index contributed by atoms with van der Waals surface area (Å²) in [5.74, 6) is 0.159. The quantitative estimate of drug-likeness (QED) is 0.849. The second-order valence-corrected chi connectivity index (χ2v) is 6.35. The van der Waals surface area contributed by atoms with Gasteiger partial charge < -0.3 is 5.32 Å². The highest BCUT2D eigenvalue weighted by molar-refractivity contribution is 5.78. The molecule has 0 unspecified atom stereocenters. The zero-order valence-corrected chi connectivity index (χ0v) is 14.1. The minimum Gasteiger partial charge on any atom is -0.352 e. The fraction of sp³-hybridized carbons (Fsp3) is 0.421. The maximum absolute atomic E-state index is 11.5. The highest BCUT2D eigenvalue weighted by atomic mass is 16.1. The SMILES string of the molecule is CCc1ccc(CN(Cc2cccnc2)C[C@@H]2CCC(=O)N2)nc1. The summed E-state index contributed by atoms with van der Waals surface area (Å²) in [6.45, 7) is 4.54. The van der Waals surface area contributed by atoms with Gasteiger partial charge in [0.1, 0.15) is 0 Å². The zero-order valence-electron chi connectivity index (χ0n) is 14.1. The van der Waals surface area contributed by atoms with Gasteiger partial charge in [-0.2, -0.15) is 0 Å². The van der Waals surface area contributed by atoms with Crippen molar-refractivity contribution in [2.45, 2.75) is 45.3 Å². The van der Waals surface area contributed by atoms with E-state index in [1.165, 1.54) is 11.1 Å². The molecule has 24 heavy (non-hydrogen) atoms. The highest BCUT2D eigenvalue weighted by Crippen LogP contribution is 2.14. The molecule has 0 spiro atoms. The third-order valence-corrected chi connectivity index (χ3v) is 4.37. The Hall–Kier alpha value is -2.27. The molecule has 0 saturated carbocycles. The van der Waals surface area contributed by atoms with Crippen LogP contribution in [0.1, 0.15) is 36.6 Å². The molecule has 126 valence electrons. The van der Waals surface area contributed by atoms with Gasteiger partial charge in [-0.25, -0.2) is 0 Å². The molecule has 1 atom stereocenters. The van der Waals surface area contributed by atoms with Gasteiger partial charge in [0.15, 0.2) is 0 Å². The van der Waals surface area contributed by atoms with Crippen molar-refractivity contribution in [2.24, 2.45) is 0 Å². The van der Waals surface area contributed by atoms with E-state index in [0.29, 0.717) is 6.42 Å². The van der Waals surface area contributed by atoms with Gasteiger partial charge in [-0.1, -0.05) is 19.1 Å². The zero-order chi connectivity index (χ0) is 16.8. The molecule has 0 radical (unpaired) electrons. The molecule has 5 nitrogen and oxygen atoms in total. The Kier molecular flexibility index (Phi) is 5.54. The normalized spacial score (nSPS) is 17.2. The number of amides is 1. The predicted octanol–water partition coefficient (Wildman–Crippen LogP) is 2.32. The maximum Gasteiger partial charge on any atom is 0.220 e. The maximum atomic E-state index is 11.5. The van der Waals surface area contributed by atoms with Crippen LogP contribution in [0.15, 0.2) is 42.9 Å². The molecular weight excluding hydrogens is 300 g/mol. The largest absolute Gasteiger partial charge is 0.352 e. The fourth-order valence-corrected chi connectivity index (χ4v) is 3.05. The smallest absolute Gasteiger partial charge is 0.220 e. The molecule has 1 saturated heterocycles. The lowest BCUT2D eigenvalue weighted by Gasteiger charge is -2.25. The molecule has 1 N–H and O–H groups in total. The van der Waals surface area contributed by atoms with E-state index < -0.39 is 0 Å². The Morgan fingerprint density at radius 1 is 1.21 bits per heavy atom. The van der Waals surface area contributed by atoms with Gasteiger partial charge in [-0.05, 0) is 36.1 Å². The summed E-state index contributed by atoms with van der Waals surface area (Å²) < 4.78 is 0. The van der Waals surface area contributed by atoms with Crippen molar-refractivity contribution in [1.82, 2.24) is 20.2 Å². The first-order valence-electron chi connectivity index (χ1n) is 8.57. The molecule has 2 aromatic heterocycles. The van der Waals surface area contributed by atoms with Crippen LogP contribution in [-0.2, 0) is 24.3 Å². The minimum absolute atomic E-state index is 0.159. The lowest BCUT2D eigenvalue weighted by molar-refractivity contribution is -0.119. The molecule has 0 aromatic carbocycles. The molecule has 0 aliphatic carbocycles. The van der Waals surface area contributed by atoms with E-state index in [2.05, 4.69) is 45.3 Å². The summed E-state index contributed by atoms with van der Waals surface area (Å²) in [5.41, 5.74) is 3.48. The Morgan fingerprint density at radius 3 is 2.75 bits per heavy atom. The summed E-state index contributed by atoms with van der Waals surface area (Å²) in [4.78, 5) is 22.6. The third kappa shape index (κ3) is 4.61. The van der Waals surface area contributed by atoms with E-state index in [9.17, 15) is 4.79 Å². The van der Waals surface area contributed by atoms with Crippen molar-refractivity contribution >= 4 is 5.91 Å². The van der Waals surface area contributed by atoms with Crippen LogP contribution in [0.5, 0.6) is 0 Å². The second-order valence-electron chi connectivity index (χ2n) is 6.35. The van der Waals surface area contributed by atoms with Crippen molar-refractivity contribution in [1.29, 1.82) is 0 Å². The van der Waals surface area contributed by atoms with Gasteiger partial charge in [0.05, 0.1) is 5.69 Å². The van der Waals surface area contributed by atoms with Crippen LogP contribution in [0.3, 0.4) is 0 Å². The first-order chi connectivity index (χ1) is 11.7. The van der Waals surface area contributed by atoms with Crippen LogP contribution in [0.4, 0.5) is 0 Å². The summed E-state index contributed by atoms with van der Waals surface area (Å²) in [7, 11) is 0. The minimum atomic E-state index is 0.159. The van der Waals surface area contributed by atoms with Crippen molar-refractivity contribution in [3.8, 4) is 0 Å². The molecule has 2 aromatic rings. The Balaban J connectivity index is 1.69. The van der Waals surface area contributed by atoms with Crippen LogP contribution in [0, 0.1) is 0 Å². The Bertz CT molecular complexity index is 657. The van der Waals surface area contributed by atoms with Gasteiger partial charge >= 0.3 is 0 Å². The van der Waals surface area contributed by atoms with Gasteiger partial charge in [-0.3, -0.25) is 19.7 Å². The molecule has 1 aliphatic rings. The fourth-order valence-electron chi connectivity index (χ4n) is 3.05. The number of carbonyl (C=O) groups is 1. The average molecular weight is 324 g/mol. The standard InChI is InChI=1S/C19H24N4O/c1-2-15-5-6-17(21-11-15)13-23(12-16-4-3-9-20-10-16)14-18-7-8-19(24)22-18/h3-6,9-11,18H,2,7-8,12-14H2,1H3,(H,22,24)/t18-/m0/s1. The van der Waals surface area contributed by atoms with E-state index in [1.807, 2.05) is 18.5 Å². The summed E-state index contributed by atoms with van der Waals surface area (Å²) >= 11 is 0. The molecule has 5 heteroatoms. The molecule has 1 amide bonds. The molecule has 3 rings (SSSR count). The van der Waals surface area contributed by atoms with Crippen LogP contribution >= 0.6 is 0 Å². The van der Waals surface area contributed by atoms with Gasteiger partial charge in [-0.15, -0.1) is 0 Å². The molecule has 1 fully saturated rings. The van der Waals surface area contributed by atoms with Crippen molar-refractivity contribution in [2.75, 3.05) is 6.54 Å². The second kappa shape index (κ2) is 8.02.